The molecule has 0 atom stereocenters. The van der Waals surface area contributed by atoms with E-state index in [-0.39, 0.29) is 6.61 Å². The van der Waals surface area contributed by atoms with Crippen molar-refractivity contribution in [3.63, 3.8) is 0 Å². The second-order valence-corrected chi connectivity index (χ2v) is 2.13. The summed E-state index contributed by atoms with van der Waals surface area (Å²) in [7, 11) is 0. The van der Waals surface area contributed by atoms with Crippen LogP contribution in [-0.2, 0) is 14.5 Å². The highest BCUT2D eigenvalue weighted by molar-refractivity contribution is 4.65. The van der Waals surface area contributed by atoms with Crippen LogP contribution in [-0.4, -0.2) is 18.5 Å². The summed E-state index contributed by atoms with van der Waals surface area (Å²) in [5, 5.41) is 0. The zero-order valence-electron chi connectivity index (χ0n) is 5.24. The molecule has 1 saturated heterocycles. The number of hydrogen-bond donors (Lipinski definition) is 4. The molecule has 1 heterocycles. The van der Waals surface area contributed by atoms with Crippen molar-refractivity contribution in [1.29, 1.82) is 0 Å². The van der Waals surface area contributed by atoms with E-state index in [2.05, 4.69) is 14.5 Å². The molecule has 0 radical (unpaired) electrons. The Labute approximate surface area is 57.1 Å². The summed E-state index contributed by atoms with van der Waals surface area (Å²) < 4.78 is 4.64. The molecule has 60 valence electrons. The Morgan fingerprint density at radius 1 is 1.00 bits per heavy atom. The van der Waals surface area contributed by atoms with Crippen LogP contribution in [0.15, 0.2) is 0 Å². The zero-order valence-corrected chi connectivity index (χ0v) is 5.24. The van der Waals surface area contributed by atoms with E-state index in [0.29, 0.717) is 0 Å². The Morgan fingerprint density at radius 3 is 1.90 bits per heavy atom. The van der Waals surface area contributed by atoms with Gasteiger partial charge in [-0.1, -0.05) is 0 Å². The minimum Gasteiger partial charge on any atom is -0.317 e. The summed E-state index contributed by atoms with van der Waals surface area (Å²) in [6.07, 6.45) is 0. The Morgan fingerprint density at radius 2 is 1.60 bits per heavy atom. The standard InChI is InChI=1S/C3H10N4O3/c4-2(5)1-8-3(6,7)10-9-2/h1,4-7H2. The molecule has 0 unspecified atom stereocenters. The highest BCUT2D eigenvalue weighted by atomic mass is 17.3. The third kappa shape index (κ3) is 1.85. The van der Waals surface area contributed by atoms with E-state index in [9.17, 15) is 0 Å². The van der Waals surface area contributed by atoms with Gasteiger partial charge >= 0.3 is 6.03 Å². The van der Waals surface area contributed by atoms with Gasteiger partial charge in [-0.25, -0.2) is 0 Å². The molecule has 1 aliphatic heterocycles. The molecule has 8 N–H and O–H groups in total. The lowest BCUT2D eigenvalue weighted by molar-refractivity contribution is -0.509. The maximum atomic E-state index is 5.19. The van der Waals surface area contributed by atoms with E-state index in [4.69, 9.17) is 22.9 Å². The average Bonchev–Trinajstić information content (AvgIpc) is 1.79. The first-order valence-corrected chi connectivity index (χ1v) is 2.58. The Bertz CT molecular complexity index is 108. The van der Waals surface area contributed by atoms with Gasteiger partial charge in [-0.3, -0.25) is 22.9 Å². The molecule has 0 aromatic carbocycles. The summed E-state index contributed by atoms with van der Waals surface area (Å²) in [4.78, 5) is 8.62. The molecule has 0 aromatic rings. The summed E-state index contributed by atoms with van der Waals surface area (Å²) >= 11 is 0. The third-order valence-electron chi connectivity index (χ3n) is 0.850. The van der Waals surface area contributed by atoms with Crippen molar-refractivity contribution in [3.05, 3.63) is 0 Å². The minimum atomic E-state index is -1.75. The normalized spacial score (nSPS) is 30.0. The summed E-state index contributed by atoms with van der Waals surface area (Å²) in [5.41, 5.74) is 20.6. The van der Waals surface area contributed by atoms with Crippen LogP contribution in [0.1, 0.15) is 0 Å². The summed E-state index contributed by atoms with van der Waals surface area (Å²) in [5.74, 6) is -1.47. The molecule has 0 aromatic heterocycles. The fraction of sp³-hybridized carbons (Fsp3) is 1.00. The van der Waals surface area contributed by atoms with Gasteiger partial charge in [0.25, 0.3) is 0 Å². The molecule has 1 rings (SSSR count). The molecule has 10 heavy (non-hydrogen) atoms. The molecule has 0 bridgehead atoms. The molecule has 1 fully saturated rings. The van der Waals surface area contributed by atoms with Crippen LogP contribution in [0.25, 0.3) is 0 Å². The zero-order chi connectivity index (χ0) is 7.83. The quantitative estimate of drug-likeness (QED) is 0.214. The molecule has 0 amide bonds. The number of hydrogen-bond acceptors (Lipinski definition) is 7. The van der Waals surface area contributed by atoms with Crippen LogP contribution >= 0.6 is 0 Å². The van der Waals surface area contributed by atoms with Gasteiger partial charge in [0.15, 0.2) is 0 Å². The van der Waals surface area contributed by atoms with Crippen molar-refractivity contribution >= 4 is 0 Å². The molecular formula is C3H10N4O3. The first kappa shape index (κ1) is 7.82. The lowest BCUT2D eigenvalue weighted by Crippen LogP contribution is -2.68. The highest BCUT2D eigenvalue weighted by Gasteiger charge is 2.37. The first-order chi connectivity index (χ1) is 4.41. The predicted molar refractivity (Wildman–Crippen MR) is 30.3 cm³/mol. The van der Waals surface area contributed by atoms with E-state index in [1.165, 1.54) is 0 Å². The fourth-order valence-electron chi connectivity index (χ4n) is 0.416. The van der Waals surface area contributed by atoms with Gasteiger partial charge in [0.1, 0.15) is 6.61 Å². The molecule has 0 saturated carbocycles. The smallest absolute Gasteiger partial charge is 0.316 e. The Balaban J connectivity index is 2.46. The van der Waals surface area contributed by atoms with Crippen molar-refractivity contribution in [3.8, 4) is 0 Å². The molecule has 0 spiro atoms. The van der Waals surface area contributed by atoms with Gasteiger partial charge in [0.05, 0.1) is 0 Å². The average molecular weight is 150 g/mol. The first-order valence-electron chi connectivity index (χ1n) is 2.58. The van der Waals surface area contributed by atoms with Crippen LogP contribution in [0.5, 0.6) is 0 Å². The van der Waals surface area contributed by atoms with Gasteiger partial charge in [-0.2, -0.15) is 9.78 Å². The number of ether oxygens (including phenoxy) is 1. The van der Waals surface area contributed by atoms with Gasteiger partial charge in [-0.05, 0) is 0 Å². The molecule has 7 heteroatoms. The van der Waals surface area contributed by atoms with E-state index < -0.39 is 11.9 Å². The molecular weight excluding hydrogens is 140 g/mol. The van der Waals surface area contributed by atoms with Gasteiger partial charge in [0.2, 0.25) is 5.85 Å². The molecule has 7 nitrogen and oxygen atoms in total. The molecule has 1 aliphatic rings. The van der Waals surface area contributed by atoms with Crippen LogP contribution in [0, 0.1) is 0 Å². The van der Waals surface area contributed by atoms with Crippen LogP contribution < -0.4 is 22.9 Å². The van der Waals surface area contributed by atoms with Gasteiger partial charge < -0.3 is 4.74 Å². The van der Waals surface area contributed by atoms with Gasteiger partial charge in [-0.15, -0.1) is 0 Å². The van der Waals surface area contributed by atoms with Crippen LogP contribution in [0.4, 0.5) is 0 Å². The van der Waals surface area contributed by atoms with E-state index in [1.807, 2.05) is 0 Å². The summed E-state index contributed by atoms with van der Waals surface area (Å²) in [6, 6.07) is -1.75. The highest BCUT2D eigenvalue weighted by Crippen LogP contribution is 2.11. The third-order valence-corrected chi connectivity index (χ3v) is 0.850. The fourth-order valence-corrected chi connectivity index (χ4v) is 0.416. The van der Waals surface area contributed by atoms with Crippen LogP contribution in [0.3, 0.4) is 0 Å². The second kappa shape index (κ2) is 2.10. The Hall–Kier alpha value is -0.280. The van der Waals surface area contributed by atoms with Crippen molar-refractivity contribution in [1.82, 2.24) is 0 Å². The number of rotatable bonds is 0. The van der Waals surface area contributed by atoms with Gasteiger partial charge in [0, 0.05) is 0 Å². The van der Waals surface area contributed by atoms with E-state index in [0.717, 1.165) is 0 Å². The monoisotopic (exact) mass is 150 g/mol. The lowest BCUT2D eigenvalue weighted by atomic mass is 10.5. The summed E-state index contributed by atoms with van der Waals surface area (Å²) in [6.45, 7) is -0.125. The maximum absolute atomic E-state index is 5.19. The predicted octanol–water partition coefficient (Wildman–Crippen LogP) is -2.94. The van der Waals surface area contributed by atoms with Crippen molar-refractivity contribution in [2.24, 2.45) is 22.9 Å². The van der Waals surface area contributed by atoms with Crippen molar-refractivity contribution in [2.75, 3.05) is 6.61 Å². The lowest BCUT2D eigenvalue weighted by Gasteiger charge is -2.35. The Kier molecular flexibility index (Phi) is 1.65. The van der Waals surface area contributed by atoms with Crippen molar-refractivity contribution < 1.29 is 14.5 Å². The van der Waals surface area contributed by atoms with Crippen molar-refractivity contribution in [2.45, 2.75) is 11.9 Å². The second-order valence-electron chi connectivity index (χ2n) is 2.13. The van der Waals surface area contributed by atoms with E-state index >= 15 is 0 Å². The topological polar surface area (TPSA) is 132 Å². The molecule has 0 aliphatic carbocycles. The largest absolute Gasteiger partial charge is 0.317 e. The maximum Gasteiger partial charge on any atom is 0.316 e. The SMILES string of the molecule is NC1(N)COC(N)(N)OO1. The van der Waals surface area contributed by atoms with E-state index in [1.54, 1.807) is 0 Å². The van der Waals surface area contributed by atoms with Crippen LogP contribution in [0.2, 0.25) is 0 Å². The minimum absolute atomic E-state index is 0.125. The number of nitrogens with two attached hydrogens (primary N) is 4.